The maximum absolute atomic E-state index is 2.65. The van der Waals surface area contributed by atoms with Gasteiger partial charge in [0.25, 0.3) is 0 Å². The lowest BCUT2D eigenvalue weighted by Crippen LogP contribution is -2.29. The fourth-order valence-electron chi connectivity index (χ4n) is 2.21. The van der Waals surface area contributed by atoms with E-state index in [1.165, 1.54) is 45.2 Å². The first kappa shape index (κ1) is 6.66. The molecular weight excluding hydrogens is 122 g/mol. The molecule has 0 aromatic carbocycles. The summed E-state index contributed by atoms with van der Waals surface area (Å²) in [4.78, 5) is 2.65. The molecule has 0 aromatic heterocycles. The van der Waals surface area contributed by atoms with E-state index in [0.29, 0.717) is 0 Å². The molecule has 1 aliphatic carbocycles. The van der Waals surface area contributed by atoms with Crippen LogP contribution in [0.25, 0.3) is 0 Å². The number of nitrogens with zero attached hydrogens (tertiary/aromatic N) is 1. The summed E-state index contributed by atoms with van der Waals surface area (Å²) < 4.78 is 0. The van der Waals surface area contributed by atoms with Crippen LogP contribution in [0.1, 0.15) is 32.1 Å². The molecule has 1 aliphatic heterocycles. The van der Waals surface area contributed by atoms with Crippen molar-refractivity contribution in [1.82, 2.24) is 4.90 Å². The van der Waals surface area contributed by atoms with Crippen molar-refractivity contribution in [3.8, 4) is 0 Å². The number of hydrogen-bond donors (Lipinski definition) is 0. The number of likely N-dealkylation sites (tertiary alicyclic amines) is 1. The van der Waals surface area contributed by atoms with Crippen LogP contribution >= 0.6 is 0 Å². The van der Waals surface area contributed by atoms with E-state index < -0.39 is 0 Å². The third kappa shape index (κ3) is 1.20. The molecule has 0 amide bonds. The van der Waals surface area contributed by atoms with Gasteiger partial charge in [0, 0.05) is 12.6 Å². The van der Waals surface area contributed by atoms with Crippen LogP contribution in [-0.4, -0.2) is 24.0 Å². The smallest absolute Gasteiger partial charge is 0.00953 e. The number of rotatable bonds is 1. The first-order valence-electron chi connectivity index (χ1n) is 4.52. The molecule has 2 rings (SSSR count). The van der Waals surface area contributed by atoms with E-state index in [1.54, 1.807) is 0 Å². The van der Waals surface area contributed by atoms with Gasteiger partial charge in [-0.2, -0.15) is 0 Å². The Bertz CT molecular complexity index is 85.3. The van der Waals surface area contributed by atoms with Gasteiger partial charge < -0.3 is 4.90 Å². The Hall–Kier alpha value is -0.0400. The molecule has 0 spiro atoms. The van der Waals surface area contributed by atoms with E-state index in [9.17, 15) is 0 Å². The third-order valence-corrected chi connectivity index (χ3v) is 2.83. The molecule has 0 N–H and O–H groups in total. The first-order chi connectivity index (χ1) is 4.97. The van der Waals surface area contributed by atoms with Gasteiger partial charge in [-0.25, -0.2) is 0 Å². The second-order valence-corrected chi connectivity index (χ2v) is 3.51. The largest absolute Gasteiger partial charge is 0.300 e. The molecule has 57 valence electrons. The fraction of sp³-hybridized carbons (Fsp3) is 0.889. The Morgan fingerprint density at radius 2 is 2.00 bits per heavy atom. The minimum absolute atomic E-state index is 0.957. The minimum atomic E-state index is 0.957. The molecule has 2 aliphatic rings. The van der Waals surface area contributed by atoms with Gasteiger partial charge in [-0.1, -0.05) is 12.8 Å². The molecule has 1 saturated heterocycles. The average Bonchev–Trinajstić information content (AvgIpc) is 2.59. The van der Waals surface area contributed by atoms with E-state index in [4.69, 9.17) is 0 Å². The molecule has 2 fully saturated rings. The van der Waals surface area contributed by atoms with Gasteiger partial charge in [-0.3, -0.25) is 0 Å². The molecule has 0 bridgehead atoms. The van der Waals surface area contributed by atoms with Crippen LogP contribution in [0.5, 0.6) is 0 Å². The van der Waals surface area contributed by atoms with Gasteiger partial charge in [-0.15, -0.1) is 0 Å². The average molecular weight is 138 g/mol. The number of hydrogen-bond acceptors (Lipinski definition) is 1. The Morgan fingerprint density at radius 3 is 2.60 bits per heavy atom. The van der Waals surface area contributed by atoms with Crippen LogP contribution in [0.15, 0.2) is 0 Å². The van der Waals surface area contributed by atoms with Gasteiger partial charge in [0.2, 0.25) is 0 Å². The summed E-state index contributed by atoms with van der Waals surface area (Å²) in [6.45, 7) is 2.61. The molecule has 1 radical (unpaired) electrons. The highest BCUT2D eigenvalue weighted by atomic mass is 15.2. The van der Waals surface area contributed by atoms with Gasteiger partial charge in [0.05, 0.1) is 0 Å². The lowest BCUT2D eigenvalue weighted by atomic mass is 10.2. The molecular formula is C9H16N. The zero-order valence-corrected chi connectivity index (χ0v) is 6.55. The maximum Gasteiger partial charge on any atom is 0.00953 e. The van der Waals surface area contributed by atoms with Gasteiger partial charge in [0.1, 0.15) is 0 Å². The molecule has 0 aromatic rings. The molecule has 0 atom stereocenters. The van der Waals surface area contributed by atoms with Crippen molar-refractivity contribution in [2.75, 3.05) is 13.1 Å². The molecule has 1 heteroatoms. The fourth-order valence-corrected chi connectivity index (χ4v) is 2.21. The first-order valence-corrected chi connectivity index (χ1v) is 4.52. The highest BCUT2D eigenvalue weighted by Crippen LogP contribution is 2.25. The standard InChI is InChI=1S/C9H16N/c1-2-6-9(5-1)10-7-3-4-8-10/h3,9H,1-2,4-8H2. The quantitative estimate of drug-likeness (QED) is 0.534. The topological polar surface area (TPSA) is 3.24 Å². The van der Waals surface area contributed by atoms with Gasteiger partial charge in [0.15, 0.2) is 0 Å². The Balaban J connectivity index is 1.85. The zero-order chi connectivity index (χ0) is 6.81. The highest BCUT2D eigenvalue weighted by Gasteiger charge is 2.24. The van der Waals surface area contributed by atoms with E-state index >= 15 is 0 Å². The lowest BCUT2D eigenvalue weighted by molar-refractivity contribution is 0.251. The highest BCUT2D eigenvalue weighted by molar-refractivity contribution is 4.87. The van der Waals surface area contributed by atoms with E-state index in [0.717, 1.165) is 6.04 Å². The van der Waals surface area contributed by atoms with Crippen molar-refractivity contribution < 1.29 is 0 Å². The van der Waals surface area contributed by atoms with Crippen LogP contribution in [-0.2, 0) is 0 Å². The molecule has 1 heterocycles. The summed E-state index contributed by atoms with van der Waals surface area (Å²) in [6.07, 6.45) is 9.62. The van der Waals surface area contributed by atoms with Crippen molar-refractivity contribution in [1.29, 1.82) is 0 Å². The molecule has 1 nitrogen and oxygen atoms in total. The normalized spacial score (nSPS) is 30.0. The molecule has 0 unspecified atom stereocenters. The van der Waals surface area contributed by atoms with Crippen molar-refractivity contribution in [2.24, 2.45) is 0 Å². The predicted octanol–water partition coefficient (Wildman–Crippen LogP) is 1.84. The van der Waals surface area contributed by atoms with E-state index in [2.05, 4.69) is 11.3 Å². The summed E-state index contributed by atoms with van der Waals surface area (Å²) in [5, 5.41) is 0. The summed E-state index contributed by atoms with van der Waals surface area (Å²) >= 11 is 0. The van der Waals surface area contributed by atoms with Crippen molar-refractivity contribution in [3.63, 3.8) is 0 Å². The van der Waals surface area contributed by atoms with Crippen molar-refractivity contribution in [2.45, 2.75) is 38.1 Å². The van der Waals surface area contributed by atoms with Gasteiger partial charge >= 0.3 is 0 Å². The van der Waals surface area contributed by atoms with Crippen LogP contribution in [0.4, 0.5) is 0 Å². The van der Waals surface area contributed by atoms with Crippen molar-refractivity contribution >= 4 is 0 Å². The van der Waals surface area contributed by atoms with Gasteiger partial charge in [-0.05, 0) is 32.2 Å². The summed E-state index contributed by atoms with van der Waals surface area (Å²) in [5.74, 6) is 0. The third-order valence-electron chi connectivity index (χ3n) is 2.83. The van der Waals surface area contributed by atoms with E-state index in [-0.39, 0.29) is 0 Å². The Labute approximate surface area is 63.4 Å². The second kappa shape index (κ2) is 2.91. The minimum Gasteiger partial charge on any atom is -0.300 e. The lowest BCUT2D eigenvalue weighted by Gasteiger charge is -2.22. The van der Waals surface area contributed by atoms with Crippen LogP contribution < -0.4 is 0 Å². The monoisotopic (exact) mass is 138 g/mol. The summed E-state index contributed by atoms with van der Waals surface area (Å²) in [7, 11) is 0. The van der Waals surface area contributed by atoms with E-state index in [1.807, 2.05) is 0 Å². The Morgan fingerprint density at radius 1 is 1.20 bits per heavy atom. The van der Waals surface area contributed by atoms with Crippen molar-refractivity contribution in [3.05, 3.63) is 6.42 Å². The maximum atomic E-state index is 2.65. The van der Waals surface area contributed by atoms with Crippen LogP contribution in [0, 0.1) is 6.42 Å². The SMILES string of the molecule is [CH]1CCN(C2CCCC2)C1. The molecule has 10 heavy (non-hydrogen) atoms. The predicted molar refractivity (Wildman–Crippen MR) is 42.7 cm³/mol. The second-order valence-electron chi connectivity index (χ2n) is 3.51. The molecule has 1 saturated carbocycles. The Kier molecular flexibility index (Phi) is 1.94. The summed E-state index contributed by atoms with van der Waals surface area (Å²) in [6, 6.07) is 0.957. The zero-order valence-electron chi connectivity index (χ0n) is 6.55. The van der Waals surface area contributed by atoms with Crippen LogP contribution in [0.2, 0.25) is 0 Å². The summed E-state index contributed by atoms with van der Waals surface area (Å²) in [5.41, 5.74) is 0. The van der Waals surface area contributed by atoms with Crippen LogP contribution in [0.3, 0.4) is 0 Å².